The Morgan fingerprint density at radius 1 is 1.47 bits per heavy atom. The van der Waals surface area contributed by atoms with E-state index in [1.165, 1.54) is 0 Å². The number of hydrogen-bond donors (Lipinski definition) is 0. The molecule has 1 aliphatic heterocycles. The predicted octanol–water partition coefficient (Wildman–Crippen LogP) is 2.36. The molecule has 0 radical (unpaired) electrons. The van der Waals surface area contributed by atoms with Crippen molar-refractivity contribution in [1.29, 1.82) is 0 Å². The molecule has 1 heterocycles. The van der Waals surface area contributed by atoms with Gasteiger partial charge in [0.15, 0.2) is 0 Å². The first-order valence-corrected chi connectivity index (χ1v) is 6.68. The van der Waals surface area contributed by atoms with Crippen molar-refractivity contribution in [3.05, 3.63) is 29.8 Å². The Hall–Kier alpha value is -1.55. The third-order valence-corrected chi connectivity index (χ3v) is 3.25. The molecule has 0 amide bonds. The highest BCUT2D eigenvalue weighted by molar-refractivity contribution is 5.70. The summed E-state index contributed by atoms with van der Waals surface area (Å²) in [7, 11) is 3.98. The summed E-state index contributed by atoms with van der Waals surface area (Å²) in [6.07, 6.45) is 2.43. The molecule has 4 heteroatoms. The van der Waals surface area contributed by atoms with Crippen molar-refractivity contribution < 1.29 is 14.3 Å². The van der Waals surface area contributed by atoms with Crippen molar-refractivity contribution in [2.45, 2.75) is 32.0 Å². The molecular formula is C15H21NO3. The average molecular weight is 263 g/mol. The number of carbonyl (C=O) groups is 1. The zero-order valence-electron chi connectivity index (χ0n) is 11.6. The lowest BCUT2D eigenvalue weighted by Gasteiger charge is -2.14. The van der Waals surface area contributed by atoms with Gasteiger partial charge in [0.2, 0.25) is 0 Å². The van der Waals surface area contributed by atoms with Crippen molar-refractivity contribution >= 4 is 11.7 Å². The third-order valence-electron chi connectivity index (χ3n) is 3.25. The van der Waals surface area contributed by atoms with E-state index in [2.05, 4.69) is 0 Å². The van der Waals surface area contributed by atoms with E-state index in [0.29, 0.717) is 13.0 Å². The minimum Gasteiger partial charge on any atom is -0.461 e. The van der Waals surface area contributed by atoms with Gasteiger partial charge >= 0.3 is 5.97 Å². The Morgan fingerprint density at radius 3 is 3.00 bits per heavy atom. The monoisotopic (exact) mass is 263 g/mol. The summed E-state index contributed by atoms with van der Waals surface area (Å²) < 4.78 is 10.7. The normalized spacial score (nSPS) is 18.3. The lowest BCUT2D eigenvalue weighted by atomic mass is 10.2. The van der Waals surface area contributed by atoms with Gasteiger partial charge in [-0.3, -0.25) is 4.79 Å². The molecule has 0 aromatic heterocycles. The number of benzene rings is 1. The van der Waals surface area contributed by atoms with Crippen LogP contribution in [-0.4, -0.2) is 32.8 Å². The fourth-order valence-corrected chi connectivity index (χ4v) is 2.14. The second-order valence-corrected chi connectivity index (χ2v) is 5.06. The van der Waals surface area contributed by atoms with Gasteiger partial charge in [-0.15, -0.1) is 0 Å². The molecule has 0 bridgehead atoms. The number of carbonyl (C=O) groups excluding carboxylic acids is 1. The Kier molecular flexibility index (Phi) is 4.80. The molecule has 1 saturated heterocycles. The fraction of sp³-hybridized carbons (Fsp3) is 0.533. The van der Waals surface area contributed by atoms with Gasteiger partial charge in [-0.05, 0) is 30.5 Å². The summed E-state index contributed by atoms with van der Waals surface area (Å²) in [4.78, 5) is 13.7. The van der Waals surface area contributed by atoms with Crippen molar-refractivity contribution in [2.24, 2.45) is 0 Å². The molecule has 0 N–H and O–H groups in total. The average Bonchev–Trinajstić information content (AvgIpc) is 2.89. The molecule has 0 saturated carbocycles. The van der Waals surface area contributed by atoms with E-state index in [-0.39, 0.29) is 12.1 Å². The predicted molar refractivity (Wildman–Crippen MR) is 74.2 cm³/mol. The number of hydrogen-bond acceptors (Lipinski definition) is 4. The van der Waals surface area contributed by atoms with Crippen molar-refractivity contribution in [3.8, 4) is 0 Å². The van der Waals surface area contributed by atoms with Gasteiger partial charge < -0.3 is 14.4 Å². The zero-order valence-corrected chi connectivity index (χ0v) is 11.6. The van der Waals surface area contributed by atoms with Gasteiger partial charge in [-0.25, -0.2) is 0 Å². The Morgan fingerprint density at radius 2 is 2.32 bits per heavy atom. The van der Waals surface area contributed by atoms with Crippen LogP contribution in [0.1, 0.15) is 24.8 Å². The highest BCUT2D eigenvalue weighted by atomic mass is 16.5. The van der Waals surface area contributed by atoms with Crippen LogP contribution in [-0.2, 0) is 20.9 Å². The van der Waals surface area contributed by atoms with Crippen molar-refractivity contribution in [3.63, 3.8) is 0 Å². The van der Waals surface area contributed by atoms with Crippen LogP contribution < -0.4 is 4.90 Å². The second-order valence-electron chi connectivity index (χ2n) is 5.06. The topological polar surface area (TPSA) is 38.8 Å². The first kappa shape index (κ1) is 13.9. The molecule has 1 fully saturated rings. The van der Waals surface area contributed by atoms with Crippen LogP contribution in [0.15, 0.2) is 24.3 Å². The van der Waals surface area contributed by atoms with Crippen LogP contribution in [0.3, 0.4) is 0 Å². The quantitative estimate of drug-likeness (QED) is 0.764. The Labute approximate surface area is 114 Å². The number of esters is 1. The molecule has 1 aromatic rings. The first-order chi connectivity index (χ1) is 9.15. The van der Waals surface area contributed by atoms with Crippen LogP contribution in [0.2, 0.25) is 0 Å². The lowest BCUT2D eigenvalue weighted by Crippen LogP contribution is -2.15. The van der Waals surface area contributed by atoms with E-state index >= 15 is 0 Å². The molecule has 0 spiro atoms. The maximum Gasteiger partial charge on any atom is 0.308 e. The highest BCUT2D eigenvalue weighted by Gasteiger charge is 2.19. The van der Waals surface area contributed by atoms with Crippen molar-refractivity contribution in [1.82, 2.24) is 0 Å². The van der Waals surface area contributed by atoms with Gasteiger partial charge in [0, 0.05) is 26.4 Å². The van der Waals surface area contributed by atoms with Crippen LogP contribution in [0.25, 0.3) is 0 Å². The summed E-state index contributed by atoms with van der Waals surface area (Å²) in [6.45, 7) is 1.09. The number of anilines is 1. The summed E-state index contributed by atoms with van der Waals surface area (Å²) in [5, 5.41) is 0. The molecule has 2 rings (SSSR count). The number of rotatable bonds is 5. The largest absolute Gasteiger partial charge is 0.461 e. The first-order valence-electron chi connectivity index (χ1n) is 6.68. The molecule has 1 aromatic carbocycles. The van der Waals surface area contributed by atoms with E-state index in [1.54, 1.807) is 0 Å². The summed E-state index contributed by atoms with van der Waals surface area (Å²) in [6, 6.07) is 7.99. The maximum atomic E-state index is 11.7. The SMILES string of the molecule is CN(C)c1cccc(COC(=O)C[C@H]2CCCO2)c1. The third kappa shape index (κ3) is 4.24. The van der Waals surface area contributed by atoms with Crippen LogP contribution >= 0.6 is 0 Å². The van der Waals surface area contributed by atoms with E-state index in [0.717, 1.165) is 30.7 Å². The molecule has 1 aliphatic rings. The minimum atomic E-state index is -0.179. The second kappa shape index (κ2) is 6.57. The molecule has 4 nitrogen and oxygen atoms in total. The molecule has 19 heavy (non-hydrogen) atoms. The van der Waals surface area contributed by atoms with Crippen LogP contribution in [0.4, 0.5) is 5.69 Å². The van der Waals surface area contributed by atoms with Gasteiger partial charge in [0.05, 0.1) is 12.5 Å². The van der Waals surface area contributed by atoms with E-state index < -0.39 is 0 Å². The van der Waals surface area contributed by atoms with Crippen LogP contribution in [0, 0.1) is 0 Å². The Balaban J connectivity index is 1.80. The summed E-state index contributed by atoms with van der Waals surface area (Å²) in [5.74, 6) is -0.179. The number of nitrogens with zero attached hydrogens (tertiary/aromatic N) is 1. The summed E-state index contributed by atoms with van der Waals surface area (Å²) in [5.41, 5.74) is 2.11. The van der Waals surface area contributed by atoms with E-state index in [9.17, 15) is 4.79 Å². The number of ether oxygens (including phenoxy) is 2. The maximum absolute atomic E-state index is 11.7. The van der Waals surface area contributed by atoms with Gasteiger partial charge in [0.25, 0.3) is 0 Å². The van der Waals surface area contributed by atoms with E-state index in [1.807, 2.05) is 43.3 Å². The molecule has 1 atom stereocenters. The van der Waals surface area contributed by atoms with Gasteiger partial charge in [-0.1, -0.05) is 12.1 Å². The van der Waals surface area contributed by atoms with E-state index in [4.69, 9.17) is 9.47 Å². The molecule has 0 unspecified atom stereocenters. The van der Waals surface area contributed by atoms with Crippen molar-refractivity contribution in [2.75, 3.05) is 25.6 Å². The standard InChI is InChI=1S/C15H21NO3/c1-16(2)13-6-3-5-12(9-13)11-19-15(17)10-14-7-4-8-18-14/h3,5-6,9,14H,4,7-8,10-11H2,1-2H3/t14-/m1/s1. The van der Waals surface area contributed by atoms with Gasteiger partial charge in [-0.2, -0.15) is 0 Å². The van der Waals surface area contributed by atoms with Crippen LogP contribution in [0.5, 0.6) is 0 Å². The highest BCUT2D eigenvalue weighted by Crippen LogP contribution is 2.17. The Bertz CT molecular complexity index is 425. The molecule has 0 aliphatic carbocycles. The molecular weight excluding hydrogens is 242 g/mol. The smallest absolute Gasteiger partial charge is 0.308 e. The fourth-order valence-electron chi connectivity index (χ4n) is 2.14. The minimum absolute atomic E-state index is 0.0561. The lowest BCUT2D eigenvalue weighted by molar-refractivity contribution is -0.147. The molecule has 104 valence electrons. The van der Waals surface area contributed by atoms with Gasteiger partial charge in [0.1, 0.15) is 6.61 Å². The summed E-state index contributed by atoms with van der Waals surface area (Å²) >= 11 is 0. The zero-order chi connectivity index (χ0) is 13.7.